The van der Waals surface area contributed by atoms with E-state index in [1.54, 1.807) is 37.5 Å². The van der Waals surface area contributed by atoms with Gasteiger partial charge < -0.3 is 15.4 Å². The molecule has 9 nitrogen and oxygen atoms in total. The highest BCUT2D eigenvalue weighted by molar-refractivity contribution is 7.99. The first-order valence-corrected chi connectivity index (χ1v) is 12.2. The predicted molar refractivity (Wildman–Crippen MR) is 135 cm³/mol. The van der Waals surface area contributed by atoms with Crippen molar-refractivity contribution in [1.82, 2.24) is 19.7 Å². The summed E-state index contributed by atoms with van der Waals surface area (Å²) in [5.41, 5.74) is 3.36. The monoisotopic (exact) mass is 476 g/mol. The van der Waals surface area contributed by atoms with Crippen molar-refractivity contribution in [1.29, 1.82) is 0 Å². The van der Waals surface area contributed by atoms with Crippen LogP contribution in [-0.2, 0) is 21.0 Å². The molecule has 1 amide bonds. The van der Waals surface area contributed by atoms with E-state index < -0.39 is 15.8 Å². The van der Waals surface area contributed by atoms with Crippen molar-refractivity contribution in [3.8, 4) is 0 Å². The summed E-state index contributed by atoms with van der Waals surface area (Å²) in [5, 5.41) is 7.48. The van der Waals surface area contributed by atoms with Gasteiger partial charge in [0.2, 0.25) is 0 Å². The number of pyridine rings is 1. The highest BCUT2D eigenvalue weighted by atomic mass is 32.2. The Labute approximate surface area is 197 Å². The zero-order valence-corrected chi connectivity index (χ0v) is 19.3. The van der Waals surface area contributed by atoms with Gasteiger partial charge in [-0.05, 0) is 60.8 Å². The number of rotatable bonds is 8. The fourth-order valence-corrected chi connectivity index (χ4v) is 4.34. The summed E-state index contributed by atoms with van der Waals surface area (Å²) in [6, 6.07) is 16.7. The van der Waals surface area contributed by atoms with Crippen molar-refractivity contribution in [2.45, 2.75) is 18.4 Å². The van der Waals surface area contributed by atoms with Crippen LogP contribution in [0.3, 0.4) is 0 Å². The number of hydrogen-bond donors (Lipinski definition) is 3. The van der Waals surface area contributed by atoms with Gasteiger partial charge in [-0.3, -0.25) is 4.98 Å². The molecule has 0 aliphatic carbocycles. The number of carbonyl (C=O) groups excluding carboxylic acids is 1. The third-order valence-corrected chi connectivity index (χ3v) is 6.37. The maximum absolute atomic E-state index is 12.8. The Bertz CT molecular complexity index is 1410. The van der Waals surface area contributed by atoms with Crippen molar-refractivity contribution >= 4 is 49.8 Å². The quantitative estimate of drug-likeness (QED) is 0.325. The Kier molecular flexibility index (Phi) is 6.88. The van der Waals surface area contributed by atoms with Gasteiger partial charge in [-0.25, -0.2) is 23.7 Å². The first-order valence-electron chi connectivity index (χ1n) is 10.5. The number of nitrogens with zero attached hydrogens (tertiary/aromatic N) is 3. The second-order valence-corrected chi connectivity index (χ2v) is 9.35. The van der Waals surface area contributed by atoms with Crippen LogP contribution in [-0.4, -0.2) is 37.7 Å². The maximum atomic E-state index is 12.8. The normalized spacial score (nSPS) is 12.5. The van der Waals surface area contributed by atoms with E-state index in [2.05, 4.69) is 36.2 Å². The van der Waals surface area contributed by atoms with Crippen molar-refractivity contribution in [3.63, 3.8) is 0 Å². The summed E-state index contributed by atoms with van der Waals surface area (Å²) < 4.78 is 20.0. The molecule has 0 bridgehead atoms. The molecule has 174 valence electrons. The van der Waals surface area contributed by atoms with Gasteiger partial charge in [-0.2, -0.15) is 0 Å². The standard InChI is InChI=1S/C24H24N6O3S/c1-3-33-24(31)30-34(2,32)20-8-4-6-17(12-20)14-26-18-9-10-21-22(13-18)27-16-28-23(21)29-19-7-5-11-25-15-19/h4-13,15-16,26H,2-3,14H2,1H3,(H,27,28,29)(H,30,31,32). The molecule has 0 saturated heterocycles. The molecular weight excluding hydrogens is 452 g/mol. The average molecular weight is 477 g/mol. The van der Waals surface area contributed by atoms with Gasteiger partial charge in [-0.1, -0.05) is 12.1 Å². The van der Waals surface area contributed by atoms with E-state index in [1.807, 2.05) is 36.4 Å². The van der Waals surface area contributed by atoms with E-state index in [0.29, 0.717) is 17.3 Å². The molecule has 0 aliphatic heterocycles. The zero-order chi connectivity index (χ0) is 24.0. The minimum Gasteiger partial charge on any atom is -0.449 e. The number of anilines is 3. The third-order valence-electron chi connectivity index (χ3n) is 4.86. The summed E-state index contributed by atoms with van der Waals surface area (Å²) in [5.74, 6) is 4.36. The van der Waals surface area contributed by atoms with Gasteiger partial charge in [0.25, 0.3) is 0 Å². The maximum Gasteiger partial charge on any atom is 0.418 e. The first-order chi connectivity index (χ1) is 16.4. The summed E-state index contributed by atoms with van der Waals surface area (Å²) >= 11 is 0. The lowest BCUT2D eigenvalue weighted by atomic mass is 10.2. The molecule has 4 rings (SSSR count). The summed E-state index contributed by atoms with van der Waals surface area (Å²) in [6.45, 7) is 2.33. The van der Waals surface area contributed by atoms with Crippen LogP contribution >= 0.6 is 0 Å². The van der Waals surface area contributed by atoms with Crippen LogP contribution in [0, 0.1) is 0 Å². The second-order valence-electron chi connectivity index (χ2n) is 7.32. The molecular formula is C24H24N6O3S. The molecule has 1 atom stereocenters. The molecule has 3 N–H and O–H groups in total. The lowest BCUT2D eigenvalue weighted by molar-refractivity contribution is 0.159. The largest absolute Gasteiger partial charge is 0.449 e. The number of carbonyl (C=O) groups is 1. The molecule has 0 fully saturated rings. The van der Waals surface area contributed by atoms with E-state index >= 15 is 0 Å². The number of nitrogens with one attached hydrogen (secondary N) is 3. The van der Waals surface area contributed by atoms with Gasteiger partial charge in [0.1, 0.15) is 12.1 Å². The fraction of sp³-hybridized carbons (Fsp3) is 0.125. The van der Waals surface area contributed by atoms with E-state index in [0.717, 1.165) is 27.8 Å². The number of hydrogen-bond acceptors (Lipinski definition) is 8. The molecule has 0 aliphatic rings. The Hall–Kier alpha value is -4.18. The molecule has 2 aromatic heterocycles. The van der Waals surface area contributed by atoms with Gasteiger partial charge in [-0.15, -0.1) is 0 Å². The van der Waals surface area contributed by atoms with Crippen LogP contribution in [0.25, 0.3) is 10.9 Å². The van der Waals surface area contributed by atoms with Gasteiger partial charge in [0.15, 0.2) is 0 Å². The highest BCUT2D eigenvalue weighted by Gasteiger charge is 2.13. The van der Waals surface area contributed by atoms with Gasteiger partial charge in [0.05, 0.1) is 33.7 Å². The molecule has 1 unspecified atom stereocenters. The third kappa shape index (κ3) is 5.59. The first kappa shape index (κ1) is 23.0. The van der Waals surface area contributed by atoms with Gasteiger partial charge in [0, 0.05) is 28.7 Å². The number of amides is 1. The SMILES string of the molecule is C=S(=O)(NC(=O)OCC)c1cccc(CNc2ccc3c(Nc4cccnc4)ncnc3c2)c1. The molecule has 2 aromatic carbocycles. The molecule has 2 heterocycles. The molecule has 4 aromatic rings. The number of ether oxygens (including phenoxy) is 1. The Morgan fingerprint density at radius 1 is 1.09 bits per heavy atom. The topological polar surface area (TPSA) is 118 Å². The molecule has 10 heteroatoms. The Morgan fingerprint density at radius 2 is 1.97 bits per heavy atom. The molecule has 0 spiro atoms. The van der Waals surface area contributed by atoms with E-state index in [1.165, 1.54) is 6.33 Å². The fourth-order valence-electron chi connectivity index (χ4n) is 3.26. The summed E-state index contributed by atoms with van der Waals surface area (Å²) in [7, 11) is -3.03. The minimum atomic E-state index is -3.03. The number of fused-ring (bicyclic) bond motifs is 1. The molecule has 34 heavy (non-hydrogen) atoms. The minimum absolute atomic E-state index is 0.184. The summed E-state index contributed by atoms with van der Waals surface area (Å²) in [4.78, 5) is 24.9. The summed E-state index contributed by atoms with van der Waals surface area (Å²) in [6.07, 6.45) is 4.19. The van der Waals surface area contributed by atoms with Crippen molar-refractivity contribution in [2.24, 2.45) is 0 Å². The predicted octanol–water partition coefficient (Wildman–Crippen LogP) is 4.12. The van der Waals surface area contributed by atoms with E-state index in [4.69, 9.17) is 4.74 Å². The van der Waals surface area contributed by atoms with Crippen LogP contribution in [0.15, 0.2) is 78.2 Å². The molecule has 0 radical (unpaired) electrons. The number of benzene rings is 2. The average Bonchev–Trinajstić information content (AvgIpc) is 2.83. The zero-order valence-electron chi connectivity index (χ0n) is 18.5. The van der Waals surface area contributed by atoms with Crippen molar-refractivity contribution < 1.29 is 13.7 Å². The van der Waals surface area contributed by atoms with Crippen molar-refractivity contribution in [3.05, 3.63) is 78.9 Å². The Morgan fingerprint density at radius 3 is 2.76 bits per heavy atom. The Balaban J connectivity index is 1.48. The van der Waals surface area contributed by atoms with Gasteiger partial charge >= 0.3 is 6.09 Å². The second kappa shape index (κ2) is 10.2. The van der Waals surface area contributed by atoms with Crippen LogP contribution < -0.4 is 15.4 Å². The van der Waals surface area contributed by atoms with E-state index in [-0.39, 0.29) is 6.61 Å². The molecule has 0 saturated carbocycles. The lowest BCUT2D eigenvalue weighted by Crippen LogP contribution is -2.31. The van der Waals surface area contributed by atoms with Crippen LogP contribution in [0.1, 0.15) is 12.5 Å². The number of aromatic nitrogens is 3. The van der Waals surface area contributed by atoms with E-state index in [9.17, 15) is 9.00 Å². The van der Waals surface area contributed by atoms with Crippen LogP contribution in [0.4, 0.5) is 22.0 Å². The van der Waals surface area contributed by atoms with Crippen molar-refractivity contribution in [2.75, 3.05) is 17.2 Å². The lowest BCUT2D eigenvalue weighted by Gasteiger charge is -2.13. The van der Waals surface area contributed by atoms with Crippen LogP contribution in [0.2, 0.25) is 0 Å². The smallest absolute Gasteiger partial charge is 0.418 e. The van der Waals surface area contributed by atoms with Crippen LogP contribution in [0.5, 0.6) is 0 Å². The highest BCUT2D eigenvalue weighted by Crippen LogP contribution is 2.25.